The van der Waals surface area contributed by atoms with Gasteiger partial charge in [0.1, 0.15) is 18.2 Å². The monoisotopic (exact) mass is 318 g/mol. The molecule has 0 fully saturated rings. The largest absolute Gasteiger partial charge is 0.467 e. The summed E-state index contributed by atoms with van der Waals surface area (Å²) in [5.74, 6) is 0.206. The van der Waals surface area contributed by atoms with E-state index in [-0.39, 0.29) is 30.8 Å². The lowest BCUT2D eigenvalue weighted by Crippen LogP contribution is -2.29. The molecule has 7 heteroatoms. The first-order chi connectivity index (χ1) is 11.1. The molecule has 1 atom stereocenters. The van der Waals surface area contributed by atoms with Crippen molar-refractivity contribution in [3.63, 3.8) is 0 Å². The molecule has 0 amide bonds. The van der Waals surface area contributed by atoms with E-state index in [0.29, 0.717) is 11.1 Å². The number of rotatable bonds is 6. The van der Waals surface area contributed by atoms with E-state index in [1.165, 1.54) is 35.4 Å². The Morgan fingerprint density at radius 1 is 1.39 bits per heavy atom. The van der Waals surface area contributed by atoms with E-state index >= 15 is 0 Å². The van der Waals surface area contributed by atoms with Crippen LogP contribution in [0.1, 0.15) is 5.76 Å². The Hall–Kier alpha value is -2.51. The van der Waals surface area contributed by atoms with E-state index in [1.54, 1.807) is 12.1 Å². The van der Waals surface area contributed by atoms with Gasteiger partial charge in [-0.1, -0.05) is 0 Å². The Kier molecular flexibility index (Phi) is 4.50. The van der Waals surface area contributed by atoms with Crippen LogP contribution in [0.2, 0.25) is 0 Å². The Morgan fingerprint density at radius 2 is 2.26 bits per heavy atom. The number of aromatic nitrogens is 2. The van der Waals surface area contributed by atoms with Gasteiger partial charge in [0, 0.05) is 6.07 Å². The van der Waals surface area contributed by atoms with Crippen molar-refractivity contribution in [2.45, 2.75) is 19.3 Å². The summed E-state index contributed by atoms with van der Waals surface area (Å²) in [6.45, 7) is 0.333. The normalized spacial score (nSPS) is 12.6. The van der Waals surface area contributed by atoms with Crippen molar-refractivity contribution in [1.29, 1.82) is 0 Å². The third-order valence-electron chi connectivity index (χ3n) is 3.33. The van der Waals surface area contributed by atoms with Crippen molar-refractivity contribution >= 4 is 10.9 Å². The van der Waals surface area contributed by atoms with E-state index in [2.05, 4.69) is 4.98 Å². The van der Waals surface area contributed by atoms with Gasteiger partial charge in [-0.15, -0.1) is 0 Å². The highest BCUT2D eigenvalue weighted by molar-refractivity contribution is 5.77. The summed E-state index contributed by atoms with van der Waals surface area (Å²) in [6, 6.07) is 7.31. The van der Waals surface area contributed by atoms with Crippen molar-refractivity contribution in [3.8, 4) is 0 Å². The van der Waals surface area contributed by atoms with Crippen LogP contribution in [0, 0.1) is 5.82 Å². The van der Waals surface area contributed by atoms with Crippen LogP contribution in [0.4, 0.5) is 4.39 Å². The highest BCUT2D eigenvalue weighted by atomic mass is 19.1. The molecule has 0 aliphatic heterocycles. The zero-order valence-electron chi connectivity index (χ0n) is 12.2. The molecule has 0 spiro atoms. The van der Waals surface area contributed by atoms with Gasteiger partial charge in [0.05, 0.1) is 42.7 Å². The van der Waals surface area contributed by atoms with Gasteiger partial charge in [-0.3, -0.25) is 9.36 Å². The van der Waals surface area contributed by atoms with Gasteiger partial charge in [0.15, 0.2) is 0 Å². The van der Waals surface area contributed by atoms with Crippen LogP contribution in [0.5, 0.6) is 0 Å². The molecule has 0 aliphatic rings. The third kappa shape index (κ3) is 3.64. The van der Waals surface area contributed by atoms with Crippen LogP contribution >= 0.6 is 0 Å². The second-order valence-electron chi connectivity index (χ2n) is 5.11. The molecule has 0 radical (unpaired) electrons. The first-order valence-corrected chi connectivity index (χ1v) is 7.06. The molecule has 2 heterocycles. The van der Waals surface area contributed by atoms with Crippen LogP contribution in [0.3, 0.4) is 0 Å². The highest BCUT2D eigenvalue weighted by Crippen LogP contribution is 2.09. The number of aliphatic hydroxyl groups is 1. The van der Waals surface area contributed by atoms with Crippen molar-refractivity contribution in [1.82, 2.24) is 9.55 Å². The van der Waals surface area contributed by atoms with Crippen LogP contribution in [0.25, 0.3) is 10.9 Å². The van der Waals surface area contributed by atoms with Crippen molar-refractivity contribution in [2.24, 2.45) is 0 Å². The van der Waals surface area contributed by atoms with Gasteiger partial charge < -0.3 is 14.3 Å². The number of benzene rings is 1. The molecule has 1 N–H and O–H groups in total. The molecule has 1 aromatic carbocycles. The molecule has 23 heavy (non-hydrogen) atoms. The lowest BCUT2D eigenvalue weighted by Gasteiger charge is -2.13. The summed E-state index contributed by atoms with van der Waals surface area (Å²) in [5.41, 5.74) is -0.0464. The maximum atomic E-state index is 13.1. The minimum absolute atomic E-state index is 0.0390. The number of fused-ring (bicyclic) bond motifs is 1. The predicted molar refractivity (Wildman–Crippen MR) is 80.3 cm³/mol. The first-order valence-electron chi connectivity index (χ1n) is 7.06. The summed E-state index contributed by atoms with van der Waals surface area (Å²) in [6.07, 6.45) is 1.96. The van der Waals surface area contributed by atoms with Gasteiger partial charge in [-0.2, -0.15) is 0 Å². The average molecular weight is 318 g/mol. The number of nitrogens with zero attached hydrogens (tertiary/aromatic N) is 2. The molecule has 120 valence electrons. The van der Waals surface area contributed by atoms with Crippen molar-refractivity contribution in [2.75, 3.05) is 6.61 Å². The standard InChI is InChI=1S/C16H15FN2O4/c17-11-3-4-14-15(6-11)18-10-19(16(14)21)7-12(20)8-22-9-13-2-1-5-23-13/h1-6,10,12,20H,7-9H2/t12-/m1/s1. The lowest BCUT2D eigenvalue weighted by atomic mass is 10.2. The number of aliphatic hydroxyl groups excluding tert-OH is 1. The number of furan rings is 1. The quantitative estimate of drug-likeness (QED) is 0.748. The van der Waals surface area contributed by atoms with E-state index < -0.39 is 11.9 Å². The second-order valence-corrected chi connectivity index (χ2v) is 5.11. The molecular weight excluding hydrogens is 303 g/mol. The van der Waals surface area contributed by atoms with E-state index in [4.69, 9.17) is 9.15 Å². The molecule has 0 saturated heterocycles. The Bertz CT molecular complexity index is 845. The van der Waals surface area contributed by atoms with Crippen LogP contribution in [0.15, 0.2) is 52.1 Å². The number of halogens is 1. The first kappa shape index (κ1) is 15.4. The van der Waals surface area contributed by atoms with E-state index in [9.17, 15) is 14.3 Å². The van der Waals surface area contributed by atoms with Crippen molar-refractivity contribution < 1.29 is 18.7 Å². The molecule has 0 saturated carbocycles. The zero-order chi connectivity index (χ0) is 16.2. The second kappa shape index (κ2) is 6.72. The Balaban J connectivity index is 1.65. The fourth-order valence-corrected chi connectivity index (χ4v) is 2.23. The summed E-state index contributed by atoms with van der Waals surface area (Å²) in [5, 5.41) is 10.3. The number of hydrogen-bond acceptors (Lipinski definition) is 5. The van der Waals surface area contributed by atoms with Crippen LogP contribution < -0.4 is 5.56 Å². The lowest BCUT2D eigenvalue weighted by molar-refractivity contribution is 0.0142. The molecule has 2 aromatic heterocycles. The third-order valence-corrected chi connectivity index (χ3v) is 3.33. The molecule has 0 bridgehead atoms. The Morgan fingerprint density at radius 3 is 3.04 bits per heavy atom. The fourth-order valence-electron chi connectivity index (χ4n) is 2.23. The molecular formula is C16H15FN2O4. The maximum absolute atomic E-state index is 13.1. The average Bonchev–Trinajstić information content (AvgIpc) is 3.03. The smallest absolute Gasteiger partial charge is 0.261 e. The zero-order valence-corrected chi connectivity index (χ0v) is 12.2. The van der Waals surface area contributed by atoms with Gasteiger partial charge in [-0.25, -0.2) is 9.37 Å². The summed E-state index contributed by atoms with van der Waals surface area (Å²) in [4.78, 5) is 16.3. The maximum Gasteiger partial charge on any atom is 0.261 e. The fraction of sp³-hybridized carbons (Fsp3) is 0.250. The number of hydrogen-bond donors (Lipinski definition) is 1. The molecule has 3 aromatic rings. The van der Waals surface area contributed by atoms with E-state index in [1.807, 2.05) is 0 Å². The summed E-state index contributed by atoms with van der Waals surface area (Å²) >= 11 is 0. The minimum atomic E-state index is -0.873. The van der Waals surface area contributed by atoms with Gasteiger partial charge in [0.2, 0.25) is 0 Å². The molecule has 0 aliphatic carbocycles. The molecule has 0 unspecified atom stereocenters. The SMILES string of the molecule is O=c1c2ccc(F)cc2ncn1C[C@@H](O)COCc1ccco1. The summed E-state index contributed by atoms with van der Waals surface area (Å²) < 4.78 is 24.8. The predicted octanol–water partition coefficient (Wildman–Crippen LogP) is 1.71. The van der Waals surface area contributed by atoms with E-state index in [0.717, 1.165) is 0 Å². The van der Waals surface area contributed by atoms with Crippen LogP contribution in [-0.4, -0.2) is 27.4 Å². The van der Waals surface area contributed by atoms with Crippen LogP contribution in [-0.2, 0) is 17.9 Å². The van der Waals surface area contributed by atoms with Crippen molar-refractivity contribution in [3.05, 3.63) is 64.9 Å². The van der Waals surface area contributed by atoms with Gasteiger partial charge in [0.25, 0.3) is 5.56 Å². The summed E-state index contributed by atoms with van der Waals surface area (Å²) in [7, 11) is 0. The van der Waals surface area contributed by atoms with Gasteiger partial charge in [-0.05, 0) is 24.3 Å². The highest BCUT2D eigenvalue weighted by Gasteiger charge is 2.10. The topological polar surface area (TPSA) is 77.5 Å². The molecule has 3 rings (SSSR count). The minimum Gasteiger partial charge on any atom is -0.467 e. The Labute approximate surface area is 130 Å². The molecule has 6 nitrogen and oxygen atoms in total. The number of ether oxygens (including phenoxy) is 1. The van der Waals surface area contributed by atoms with Gasteiger partial charge >= 0.3 is 0 Å².